The minimum Gasteiger partial charge on any atom is -0.305 e. The third kappa shape index (κ3) is 3.44. The van der Waals surface area contributed by atoms with Gasteiger partial charge in [0.2, 0.25) is 0 Å². The van der Waals surface area contributed by atoms with Gasteiger partial charge in [-0.25, -0.2) is 4.39 Å². The number of hydrogen-bond acceptors (Lipinski definition) is 2. The second kappa shape index (κ2) is 6.95. The van der Waals surface area contributed by atoms with E-state index in [0.717, 1.165) is 28.7 Å². The highest BCUT2D eigenvalue weighted by Crippen LogP contribution is 2.28. The lowest BCUT2D eigenvalue weighted by Crippen LogP contribution is -2.25. The predicted molar refractivity (Wildman–Crippen MR) is 83.2 cm³/mol. The van der Waals surface area contributed by atoms with Gasteiger partial charge in [-0.15, -0.1) is 0 Å². The Morgan fingerprint density at radius 1 is 1.35 bits per heavy atom. The Labute approximate surface area is 127 Å². The van der Waals surface area contributed by atoms with Crippen LogP contribution < -0.4 is 5.32 Å². The van der Waals surface area contributed by atoms with Crippen molar-refractivity contribution in [1.82, 2.24) is 10.3 Å². The normalized spacial score (nSPS) is 12.4. The maximum atomic E-state index is 14.2. The average molecular weight is 337 g/mol. The van der Waals surface area contributed by atoms with Crippen LogP contribution in [-0.2, 0) is 0 Å². The predicted octanol–water partition coefficient (Wildman–Crippen LogP) is 4.38. The maximum absolute atomic E-state index is 14.2. The number of nitrogens with zero attached hydrogens (tertiary/aromatic N) is 1. The molecule has 0 aliphatic carbocycles. The Morgan fingerprint density at radius 2 is 2.15 bits per heavy atom. The summed E-state index contributed by atoms with van der Waals surface area (Å²) >= 11 is 3.50. The summed E-state index contributed by atoms with van der Waals surface area (Å²) in [5.74, 6) is -0.207. The molecule has 0 aliphatic heterocycles. The van der Waals surface area contributed by atoms with Crippen LogP contribution in [0.4, 0.5) is 4.39 Å². The van der Waals surface area contributed by atoms with Gasteiger partial charge in [-0.3, -0.25) is 4.98 Å². The van der Waals surface area contributed by atoms with Crippen molar-refractivity contribution in [3.63, 3.8) is 0 Å². The molecule has 2 rings (SSSR count). The number of aromatic nitrogens is 1. The molecule has 0 saturated heterocycles. The van der Waals surface area contributed by atoms with Gasteiger partial charge < -0.3 is 5.32 Å². The van der Waals surface area contributed by atoms with Crippen LogP contribution in [0.3, 0.4) is 0 Å². The monoisotopic (exact) mass is 336 g/mol. The molecule has 0 saturated carbocycles. The van der Waals surface area contributed by atoms with E-state index in [9.17, 15) is 4.39 Å². The van der Waals surface area contributed by atoms with E-state index >= 15 is 0 Å². The number of halogens is 2. The van der Waals surface area contributed by atoms with Gasteiger partial charge in [-0.05, 0) is 54.0 Å². The quantitative estimate of drug-likeness (QED) is 0.876. The highest BCUT2D eigenvalue weighted by molar-refractivity contribution is 9.10. The topological polar surface area (TPSA) is 24.9 Å². The molecule has 1 N–H and O–H groups in total. The van der Waals surface area contributed by atoms with Crippen LogP contribution in [0.2, 0.25) is 0 Å². The first-order chi connectivity index (χ1) is 9.63. The number of pyridine rings is 1. The van der Waals surface area contributed by atoms with E-state index in [1.54, 1.807) is 12.3 Å². The van der Waals surface area contributed by atoms with E-state index < -0.39 is 0 Å². The molecule has 2 aromatic rings. The summed E-state index contributed by atoms with van der Waals surface area (Å²) in [7, 11) is 0. The first-order valence-corrected chi connectivity index (χ1v) is 7.52. The minimum absolute atomic E-state index is 0.207. The molecule has 1 aromatic heterocycles. The first kappa shape index (κ1) is 15.1. The number of aryl methyl sites for hydroxylation is 1. The molecule has 0 bridgehead atoms. The van der Waals surface area contributed by atoms with Crippen LogP contribution >= 0.6 is 15.9 Å². The van der Waals surface area contributed by atoms with Crippen molar-refractivity contribution in [3.8, 4) is 0 Å². The van der Waals surface area contributed by atoms with E-state index in [4.69, 9.17) is 0 Å². The fourth-order valence-electron chi connectivity index (χ4n) is 2.14. The lowest BCUT2D eigenvalue weighted by atomic mass is 10.00. The number of rotatable bonds is 5. The second-order valence-corrected chi connectivity index (χ2v) is 5.64. The first-order valence-electron chi connectivity index (χ1n) is 6.73. The molecule has 1 atom stereocenters. The molecule has 106 valence electrons. The molecule has 4 heteroatoms. The summed E-state index contributed by atoms with van der Waals surface area (Å²) in [4.78, 5) is 4.40. The molecular formula is C16H18BrFN2. The molecule has 0 radical (unpaired) electrons. The van der Waals surface area contributed by atoms with Gasteiger partial charge in [-0.2, -0.15) is 0 Å². The Kier molecular flexibility index (Phi) is 5.26. The Morgan fingerprint density at radius 3 is 2.85 bits per heavy atom. The van der Waals surface area contributed by atoms with Crippen molar-refractivity contribution >= 4 is 15.9 Å². The van der Waals surface area contributed by atoms with E-state index in [1.165, 1.54) is 6.07 Å². The zero-order valence-electron chi connectivity index (χ0n) is 11.7. The van der Waals surface area contributed by atoms with Crippen LogP contribution in [0.25, 0.3) is 0 Å². The molecule has 0 fully saturated rings. The fourth-order valence-corrected chi connectivity index (χ4v) is 2.62. The van der Waals surface area contributed by atoms with Crippen LogP contribution in [0, 0.1) is 12.7 Å². The van der Waals surface area contributed by atoms with Gasteiger partial charge >= 0.3 is 0 Å². The van der Waals surface area contributed by atoms with Gasteiger partial charge in [0.05, 0.1) is 11.7 Å². The Hall–Kier alpha value is -1.26. The zero-order chi connectivity index (χ0) is 14.5. The molecular weight excluding hydrogens is 319 g/mol. The van der Waals surface area contributed by atoms with E-state index in [1.807, 2.05) is 25.1 Å². The van der Waals surface area contributed by atoms with Crippen LogP contribution in [-0.4, -0.2) is 11.5 Å². The molecule has 2 nitrogen and oxygen atoms in total. The van der Waals surface area contributed by atoms with Gasteiger partial charge in [0.1, 0.15) is 5.82 Å². The lowest BCUT2D eigenvalue weighted by molar-refractivity contribution is 0.537. The van der Waals surface area contributed by atoms with Crippen LogP contribution in [0.1, 0.15) is 36.2 Å². The van der Waals surface area contributed by atoms with E-state index in [-0.39, 0.29) is 11.9 Å². The highest BCUT2D eigenvalue weighted by Gasteiger charge is 2.20. The van der Waals surface area contributed by atoms with Crippen molar-refractivity contribution in [3.05, 3.63) is 63.6 Å². The minimum atomic E-state index is -0.245. The lowest BCUT2D eigenvalue weighted by Gasteiger charge is -2.20. The van der Waals surface area contributed by atoms with Gasteiger partial charge in [0.25, 0.3) is 0 Å². The highest BCUT2D eigenvalue weighted by atomic mass is 79.9. The van der Waals surface area contributed by atoms with Gasteiger partial charge in [0.15, 0.2) is 0 Å². The smallest absolute Gasteiger partial charge is 0.128 e. The molecule has 20 heavy (non-hydrogen) atoms. The van der Waals surface area contributed by atoms with Crippen LogP contribution in [0.5, 0.6) is 0 Å². The van der Waals surface area contributed by atoms with E-state index in [2.05, 4.69) is 33.2 Å². The summed E-state index contributed by atoms with van der Waals surface area (Å²) in [6, 6.07) is 8.72. The molecule has 0 amide bonds. The van der Waals surface area contributed by atoms with Crippen molar-refractivity contribution in [2.75, 3.05) is 6.54 Å². The SMILES string of the molecule is CCCNC(c1cc(C)ccc1F)c1ncccc1Br. The fraction of sp³-hybridized carbons (Fsp3) is 0.312. The summed E-state index contributed by atoms with van der Waals surface area (Å²) in [5, 5.41) is 3.38. The van der Waals surface area contributed by atoms with Crippen LogP contribution in [0.15, 0.2) is 41.0 Å². The third-order valence-corrected chi connectivity index (χ3v) is 3.79. The maximum Gasteiger partial charge on any atom is 0.128 e. The second-order valence-electron chi connectivity index (χ2n) is 4.78. The molecule has 1 unspecified atom stereocenters. The van der Waals surface area contributed by atoms with Gasteiger partial charge in [-0.1, -0.05) is 24.6 Å². The van der Waals surface area contributed by atoms with Crippen molar-refractivity contribution in [2.45, 2.75) is 26.3 Å². The molecule has 0 spiro atoms. The molecule has 1 heterocycles. The average Bonchev–Trinajstić information content (AvgIpc) is 2.44. The zero-order valence-corrected chi connectivity index (χ0v) is 13.2. The summed E-state index contributed by atoms with van der Waals surface area (Å²) in [6.07, 6.45) is 2.71. The molecule has 1 aromatic carbocycles. The van der Waals surface area contributed by atoms with Crippen molar-refractivity contribution in [2.24, 2.45) is 0 Å². The van der Waals surface area contributed by atoms with Crippen molar-refractivity contribution < 1.29 is 4.39 Å². The number of hydrogen-bond donors (Lipinski definition) is 1. The number of nitrogens with one attached hydrogen (secondary N) is 1. The largest absolute Gasteiger partial charge is 0.305 e. The summed E-state index contributed by atoms with van der Waals surface area (Å²) in [5.41, 5.74) is 2.49. The molecule has 0 aliphatic rings. The number of benzene rings is 1. The van der Waals surface area contributed by atoms with Crippen molar-refractivity contribution in [1.29, 1.82) is 0 Å². The summed E-state index contributed by atoms with van der Waals surface area (Å²) in [6.45, 7) is 4.86. The van der Waals surface area contributed by atoms with E-state index in [0.29, 0.717) is 5.56 Å². The standard InChI is InChI=1S/C16H18BrFN2/c1-3-8-19-15(16-13(17)5-4-9-20-16)12-10-11(2)6-7-14(12)18/h4-7,9-10,15,19H,3,8H2,1-2H3. The Balaban J connectivity index is 2.47. The Bertz CT molecular complexity index is 586. The third-order valence-electron chi connectivity index (χ3n) is 3.12. The summed E-state index contributed by atoms with van der Waals surface area (Å²) < 4.78 is 15.1. The van der Waals surface area contributed by atoms with Gasteiger partial charge in [0, 0.05) is 16.2 Å².